The van der Waals surface area contributed by atoms with Crippen LogP contribution in [0.1, 0.15) is 179 Å². The molecule has 1 rings (SSSR count). The molecule has 0 fully saturated rings. The molecule has 194 valence electrons. The van der Waals surface area contributed by atoms with Crippen molar-refractivity contribution >= 4 is 11.3 Å². The Balaban J connectivity index is 1.88. The van der Waals surface area contributed by atoms with Crippen molar-refractivity contribution in [2.45, 2.75) is 181 Å². The summed E-state index contributed by atoms with van der Waals surface area (Å²) >= 11 is 1.93. The molecule has 1 aromatic rings. The Labute approximate surface area is 213 Å². The average Bonchev–Trinajstić information content (AvgIpc) is 3.27. The van der Waals surface area contributed by atoms with E-state index in [4.69, 9.17) is 0 Å². The fourth-order valence-corrected chi connectivity index (χ4v) is 6.04. The maximum absolute atomic E-state index is 2.44. The van der Waals surface area contributed by atoms with Crippen LogP contribution in [0.3, 0.4) is 0 Å². The first-order valence-corrected chi connectivity index (χ1v) is 16.4. The lowest BCUT2D eigenvalue weighted by Crippen LogP contribution is -1.92. The molecular weight excluding hydrogens is 416 g/mol. The lowest BCUT2D eigenvalue weighted by atomic mass is 9.99. The third kappa shape index (κ3) is 19.7. The van der Waals surface area contributed by atoms with Gasteiger partial charge in [-0.3, -0.25) is 0 Å². The van der Waals surface area contributed by atoms with Crippen molar-refractivity contribution in [3.63, 3.8) is 0 Å². The summed E-state index contributed by atoms with van der Waals surface area (Å²) in [5, 5.41) is 4.88. The fourth-order valence-electron chi connectivity index (χ4n) is 5.10. The monoisotopic (exact) mass is 476 g/mol. The lowest BCUT2D eigenvalue weighted by Gasteiger charge is -2.06. The van der Waals surface area contributed by atoms with Crippen molar-refractivity contribution in [3.05, 3.63) is 21.9 Å². The number of hydrogen-bond donors (Lipinski definition) is 0. The maximum Gasteiger partial charge on any atom is -0.00584 e. The zero-order valence-electron chi connectivity index (χ0n) is 22.9. The van der Waals surface area contributed by atoms with Crippen LogP contribution in [0.15, 0.2) is 10.8 Å². The summed E-state index contributed by atoms with van der Waals surface area (Å²) in [6.45, 7) is 4.61. The van der Waals surface area contributed by atoms with Crippen LogP contribution in [0.2, 0.25) is 0 Å². The normalized spacial score (nSPS) is 11.5. The second kappa shape index (κ2) is 24.8. The first kappa shape index (κ1) is 30.7. The van der Waals surface area contributed by atoms with E-state index in [0.717, 1.165) is 0 Å². The molecule has 0 saturated heterocycles. The van der Waals surface area contributed by atoms with Crippen LogP contribution in [0, 0.1) is 0 Å². The highest BCUT2D eigenvalue weighted by Gasteiger charge is 2.04. The second-order valence-corrected chi connectivity index (χ2v) is 11.4. The highest BCUT2D eigenvalue weighted by molar-refractivity contribution is 7.08. The number of unbranched alkanes of at least 4 members (excludes halogenated alkanes) is 22. The van der Waals surface area contributed by atoms with E-state index in [1.165, 1.54) is 167 Å². The Kier molecular flexibility index (Phi) is 23.1. The van der Waals surface area contributed by atoms with Gasteiger partial charge in [-0.2, -0.15) is 11.3 Å². The topological polar surface area (TPSA) is 0 Å². The quantitative estimate of drug-likeness (QED) is 0.117. The summed E-state index contributed by atoms with van der Waals surface area (Å²) in [7, 11) is 0. The van der Waals surface area contributed by atoms with Crippen molar-refractivity contribution in [1.29, 1.82) is 0 Å². The molecule has 0 aromatic carbocycles. The molecule has 0 aliphatic rings. The van der Waals surface area contributed by atoms with E-state index in [2.05, 4.69) is 24.6 Å². The van der Waals surface area contributed by atoms with Gasteiger partial charge in [-0.1, -0.05) is 155 Å². The zero-order chi connectivity index (χ0) is 23.7. The van der Waals surface area contributed by atoms with Gasteiger partial charge in [0.25, 0.3) is 0 Å². The van der Waals surface area contributed by atoms with Crippen molar-refractivity contribution in [2.75, 3.05) is 0 Å². The molecule has 0 bridgehead atoms. The standard InChI is InChI=1S/C32H60S/c1-3-5-7-9-11-13-15-16-17-18-20-22-24-26-28-32-30-33-29-31(32)27-25-23-21-19-14-12-10-8-6-4-2/h29-30H,3-28H2,1-2H3. The smallest absolute Gasteiger partial charge is 0.00584 e. The summed E-state index contributed by atoms with van der Waals surface area (Å²) in [5.41, 5.74) is 3.35. The Hall–Kier alpha value is -0.300. The third-order valence-corrected chi connectivity index (χ3v) is 8.27. The number of aryl methyl sites for hydroxylation is 2. The van der Waals surface area contributed by atoms with Crippen LogP contribution in [-0.2, 0) is 12.8 Å². The average molecular weight is 477 g/mol. The van der Waals surface area contributed by atoms with Gasteiger partial charge in [0.1, 0.15) is 0 Å². The van der Waals surface area contributed by atoms with Gasteiger partial charge < -0.3 is 0 Å². The molecule has 1 heteroatoms. The highest BCUT2D eigenvalue weighted by atomic mass is 32.1. The first-order valence-electron chi connectivity index (χ1n) is 15.4. The van der Waals surface area contributed by atoms with E-state index in [1.54, 1.807) is 11.1 Å². The fraction of sp³-hybridized carbons (Fsp3) is 0.875. The van der Waals surface area contributed by atoms with Crippen molar-refractivity contribution in [1.82, 2.24) is 0 Å². The molecule has 33 heavy (non-hydrogen) atoms. The maximum atomic E-state index is 2.44. The van der Waals surface area contributed by atoms with Crippen molar-refractivity contribution in [2.24, 2.45) is 0 Å². The highest BCUT2D eigenvalue weighted by Crippen LogP contribution is 2.21. The van der Waals surface area contributed by atoms with Gasteiger partial charge in [0.2, 0.25) is 0 Å². The molecular formula is C32H60S. The van der Waals surface area contributed by atoms with Crippen molar-refractivity contribution in [3.8, 4) is 0 Å². The van der Waals surface area contributed by atoms with Crippen LogP contribution >= 0.6 is 11.3 Å². The summed E-state index contributed by atoms with van der Waals surface area (Å²) in [6, 6.07) is 0. The van der Waals surface area contributed by atoms with Crippen LogP contribution in [-0.4, -0.2) is 0 Å². The molecule has 1 heterocycles. The molecule has 0 radical (unpaired) electrons. The molecule has 1 aromatic heterocycles. The Morgan fingerprint density at radius 2 is 0.606 bits per heavy atom. The predicted octanol–water partition coefficient (Wildman–Crippen LogP) is 12.2. The molecule has 0 unspecified atom stereocenters. The van der Waals surface area contributed by atoms with Gasteiger partial charge in [0.15, 0.2) is 0 Å². The van der Waals surface area contributed by atoms with Crippen LogP contribution in [0.25, 0.3) is 0 Å². The lowest BCUT2D eigenvalue weighted by molar-refractivity contribution is 0.535. The largest absolute Gasteiger partial charge is 0.152 e. The Bertz CT molecular complexity index is 488. The predicted molar refractivity (Wildman–Crippen MR) is 154 cm³/mol. The molecule has 0 nitrogen and oxygen atoms in total. The van der Waals surface area contributed by atoms with Gasteiger partial charge in [0, 0.05) is 0 Å². The van der Waals surface area contributed by atoms with Gasteiger partial charge in [-0.15, -0.1) is 0 Å². The van der Waals surface area contributed by atoms with E-state index in [9.17, 15) is 0 Å². The Morgan fingerprint density at radius 3 is 0.879 bits per heavy atom. The Morgan fingerprint density at radius 1 is 0.364 bits per heavy atom. The van der Waals surface area contributed by atoms with Gasteiger partial charge in [-0.05, 0) is 47.6 Å². The van der Waals surface area contributed by atoms with Gasteiger partial charge >= 0.3 is 0 Å². The second-order valence-electron chi connectivity index (χ2n) is 10.7. The molecule has 0 atom stereocenters. The van der Waals surface area contributed by atoms with Gasteiger partial charge in [0.05, 0.1) is 0 Å². The third-order valence-electron chi connectivity index (χ3n) is 7.43. The first-order chi connectivity index (χ1) is 16.4. The summed E-state index contributed by atoms with van der Waals surface area (Å²) in [6.07, 6.45) is 37.4. The molecule has 0 saturated carbocycles. The van der Waals surface area contributed by atoms with E-state index >= 15 is 0 Å². The molecule has 0 spiro atoms. The van der Waals surface area contributed by atoms with Gasteiger partial charge in [-0.25, -0.2) is 0 Å². The van der Waals surface area contributed by atoms with Crippen LogP contribution in [0.5, 0.6) is 0 Å². The number of hydrogen-bond acceptors (Lipinski definition) is 1. The summed E-state index contributed by atoms with van der Waals surface area (Å²) < 4.78 is 0. The molecule has 0 aliphatic heterocycles. The minimum atomic E-state index is 1.33. The van der Waals surface area contributed by atoms with E-state index in [0.29, 0.717) is 0 Å². The van der Waals surface area contributed by atoms with Crippen LogP contribution in [0.4, 0.5) is 0 Å². The van der Waals surface area contributed by atoms with E-state index < -0.39 is 0 Å². The number of thiophene rings is 1. The molecule has 0 aliphatic carbocycles. The zero-order valence-corrected chi connectivity index (χ0v) is 23.8. The summed E-state index contributed by atoms with van der Waals surface area (Å²) in [5.74, 6) is 0. The summed E-state index contributed by atoms with van der Waals surface area (Å²) in [4.78, 5) is 0. The molecule has 0 amide bonds. The van der Waals surface area contributed by atoms with Crippen LogP contribution < -0.4 is 0 Å². The van der Waals surface area contributed by atoms with E-state index in [-0.39, 0.29) is 0 Å². The minimum absolute atomic E-state index is 1.33. The van der Waals surface area contributed by atoms with Crippen molar-refractivity contribution < 1.29 is 0 Å². The SMILES string of the molecule is CCCCCCCCCCCCCCCCc1cscc1CCCCCCCCCCCC. The minimum Gasteiger partial charge on any atom is -0.152 e. The number of rotatable bonds is 26. The molecule has 0 N–H and O–H groups in total. The van der Waals surface area contributed by atoms with E-state index in [1.807, 2.05) is 11.3 Å².